The van der Waals surface area contributed by atoms with E-state index in [9.17, 15) is 18.8 Å². The molecular formula is C21H27FN4O3. The van der Waals surface area contributed by atoms with E-state index in [2.05, 4.69) is 15.5 Å². The van der Waals surface area contributed by atoms with Gasteiger partial charge in [0.25, 0.3) is 0 Å². The third kappa shape index (κ3) is 4.58. The second-order valence-electron chi connectivity index (χ2n) is 8.37. The van der Waals surface area contributed by atoms with Crippen molar-refractivity contribution in [3.8, 4) is 0 Å². The van der Waals surface area contributed by atoms with Crippen molar-refractivity contribution < 1.29 is 18.8 Å². The van der Waals surface area contributed by atoms with E-state index >= 15 is 0 Å². The lowest BCUT2D eigenvalue weighted by atomic mass is 10.0. The molecule has 3 fully saturated rings. The number of hydrogen-bond acceptors (Lipinski definition) is 4. The van der Waals surface area contributed by atoms with Crippen molar-refractivity contribution in [1.82, 2.24) is 20.4 Å². The molecule has 2 N–H and O–H groups in total. The van der Waals surface area contributed by atoms with Gasteiger partial charge in [-0.2, -0.15) is 0 Å². The monoisotopic (exact) mass is 402 g/mol. The number of hydrogen-bond donors (Lipinski definition) is 2. The Labute approximate surface area is 169 Å². The van der Waals surface area contributed by atoms with E-state index in [0.717, 1.165) is 18.4 Å². The van der Waals surface area contributed by atoms with E-state index in [0.29, 0.717) is 26.1 Å². The fourth-order valence-corrected chi connectivity index (χ4v) is 4.40. The number of nitrogens with one attached hydrogen (secondary N) is 2. The van der Waals surface area contributed by atoms with Gasteiger partial charge < -0.3 is 15.5 Å². The first kappa shape index (κ1) is 19.8. The molecule has 7 nitrogen and oxygen atoms in total. The first-order chi connectivity index (χ1) is 13.9. The molecule has 3 amide bonds. The van der Waals surface area contributed by atoms with Gasteiger partial charge in [-0.15, -0.1) is 0 Å². The normalized spacial score (nSPS) is 26.9. The number of carbonyl (C=O) groups is 3. The SMILES string of the molecule is CC(=O)N[C@H]1C[C@H]2CN(Cc3ccc(F)cc3)[C@@H](CNC(=O)C3CC3)C(=O)N2C1. The summed E-state index contributed by atoms with van der Waals surface area (Å²) in [7, 11) is 0. The summed E-state index contributed by atoms with van der Waals surface area (Å²) in [4.78, 5) is 40.7. The van der Waals surface area contributed by atoms with Crippen LogP contribution in [0.3, 0.4) is 0 Å². The molecule has 2 saturated heterocycles. The minimum atomic E-state index is -0.463. The molecule has 1 aliphatic carbocycles. The molecule has 3 atom stereocenters. The van der Waals surface area contributed by atoms with E-state index in [4.69, 9.17) is 0 Å². The number of fused-ring (bicyclic) bond motifs is 1. The highest BCUT2D eigenvalue weighted by Gasteiger charge is 2.45. The van der Waals surface area contributed by atoms with E-state index < -0.39 is 6.04 Å². The molecule has 8 heteroatoms. The van der Waals surface area contributed by atoms with Crippen LogP contribution in [-0.2, 0) is 20.9 Å². The summed E-state index contributed by atoms with van der Waals surface area (Å²) < 4.78 is 13.3. The summed E-state index contributed by atoms with van der Waals surface area (Å²) in [5.74, 6) is -0.315. The molecule has 2 aliphatic heterocycles. The Kier molecular flexibility index (Phi) is 5.54. The Morgan fingerprint density at radius 2 is 1.90 bits per heavy atom. The second-order valence-corrected chi connectivity index (χ2v) is 8.37. The van der Waals surface area contributed by atoms with Crippen LogP contribution in [0.25, 0.3) is 0 Å². The smallest absolute Gasteiger partial charge is 0.242 e. The van der Waals surface area contributed by atoms with E-state index in [1.807, 2.05) is 4.90 Å². The third-order valence-corrected chi connectivity index (χ3v) is 5.99. The summed E-state index contributed by atoms with van der Waals surface area (Å²) >= 11 is 0. The molecule has 1 aromatic carbocycles. The predicted octanol–water partition coefficient (Wildman–Crippen LogP) is 0.642. The fourth-order valence-electron chi connectivity index (χ4n) is 4.40. The lowest BCUT2D eigenvalue weighted by molar-refractivity contribution is -0.144. The molecule has 1 saturated carbocycles. The van der Waals surface area contributed by atoms with Crippen LogP contribution in [-0.4, -0.2) is 65.3 Å². The molecular weight excluding hydrogens is 375 g/mol. The second kappa shape index (κ2) is 8.10. The van der Waals surface area contributed by atoms with Gasteiger partial charge in [-0.3, -0.25) is 19.3 Å². The quantitative estimate of drug-likeness (QED) is 0.732. The minimum absolute atomic E-state index is 0.0131. The van der Waals surface area contributed by atoms with Crippen molar-refractivity contribution in [3.63, 3.8) is 0 Å². The Balaban J connectivity index is 1.49. The molecule has 156 valence electrons. The maximum absolute atomic E-state index is 13.3. The summed E-state index contributed by atoms with van der Waals surface area (Å²) in [5.41, 5.74) is 0.919. The average molecular weight is 402 g/mol. The van der Waals surface area contributed by atoms with Crippen molar-refractivity contribution in [3.05, 3.63) is 35.6 Å². The highest BCUT2D eigenvalue weighted by molar-refractivity contribution is 5.86. The molecule has 0 aromatic heterocycles. The third-order valence-electron chi connectivity index (χ3n) is 5.99. The van der Waals surface area contributed by atoms with Crippen LogP contribution in [0.2, 0.25) is 0 Å². The zero-order valence-corrected chi connectivity index (χ0v) is 16.6. The molecule has 2 heterocycles. The first-order valence-electron chi connectivity index (χ1n) is 10.2. The highest BCUT2D eigenvalue weighted by atomic mass is 19.1. The predicted molar refractivity (Wildman–Crippen MR) is 104 cm³/mol. The molecule has 0 bridgehead atoms. The number of amides is 3. The van der Waals surface area contributed by atoms with E-state index in [-0.39, 0.29) is 48.1 Å². The van der Waals surface area contributed by atoms with Gasteiger partial charge in [0.1, 0.15) is 11.9 Å². The van der Waals surface area contributed by atoms with Gasteiger partial charge in [-0.25, -0.2) is 4.39 Å². The summed E-state index contributed by atoms with van der Waals surface area (Å²) in [6, 6.07) is 5.79. The maximum Gasteiger partial charge on any atom is 0.242 e. The number of carbonyl (C=O) groups excluding carboxylic acids is 3. The Bertz CT molecular complexity index is 796. The van der Waals surface area contributed by atoms with Crippen molar-refractivity contribution >= 4 is 17.7 Å². The van der Waals surface area contributed by atoms with Gasteiger partial charge in [0, 0.05) is 51.1 Å². The molecule has 1 aromatic rings. The van der Waals surface area contributed by atoms with Gasteiger partial charge in [0.15, 0.2) is 0 Å². The number of benzene rings is 1. The summed E-state index contributed by atoms with van der Waals surface area (Å²) in [5, 5.41) is 5.85. The zero-order chi connectivity index (χ0) is 20.5. The molecule has 0 unspecified atom stereocenters. The average Bonchev–Trinajstić information content (AvgIpc) is 3.44. The molecule has 3 aliphatic rings. The first-order valence-corrected chi connectivity index (χ1v) is 10.2. The summed E-state index contributed by atoms with van der Waals surface area (Å²) in [6.07, 6.45) is 2.54. The Morgan fingerprint density at radius 3 is 2.55 bits per heavy atom. The van der Waals surface area contributed by atoms with Crippen molar-refractivity contribution in [2.24, 2.45) is 5.92 Å². The van der Waals surface area contributed by atoms with Crippen LogP contribution in [0.15, 0.2) is 24.3 Å². The maximum atomic E-state index is 13.3. The van der Waals surface area contributed by atoms with Crippen molar-refractivity contribution in [2.45, 2.75) is 50.9 Å². The fraction of sp³-hybridized carbons (Fsp3) is 0.571. The number of piperazine rings is 1. The van der Waals surface area contributed by atoms with Crippen LogP contribution in [0.5, 0.6) is 0 Å². The number of nitrogens with zero attached hydrogens (tertiary/aromatic N) is 2. The van der Waals surface area contributed by atoms with Crippen LogP contribution in [0.4, 0.5) is 4.39 Å². The van der Waals surface area contributed by atoms with Gasteiger partial charge in [-0.1, -0.05) is 12.1 Å². The van der Waals surface area contributed by atoms with Crippen molar-refractivity contribution in [2.75, 3.05) is 19.6 Å². The lowest BCUT2D eigenvalue weighted by Gasteiger charge is -2.42. The van der Waals surface area contributed by atoms with Crippen LogP contribution < -0.4 is 10.6 Å². The van der Waals surface area contributed by atoms with Crippen LogP contribution >= 0.6 is 0 Å². The summed E-state index contributed by atoms with van der Waals surface area (Å²) in [6.45, 7) is 3.41. The van der Waals surface area contributed by atoms with Crippen LogP contribution in [0, 0.1) is 11.7 Å². The molecule has 29 heavy (non-hydrogen) atoms. The zero-order valence-electron chi connectivity index (χ0n) is 16.6. The van der Waals surface area contributed by atoms with Crippen molar-refractivity contribution in [1.29, 1.82) is 0 Å². The number of rotatable bonds is 6. The van der Waals surface area contributed by atoms with Gasteiger partial charge in [-0.05, 0) is 37.0 Å². The van der Waals surface area contributed by atoms with E-state index in [1.54, 1.807) is 12.1 Å². The Morgan fingerprint density at radius 1 is 1.17 bits per heavy atom. The highest BCUT2D eigenvalue weighted by Crippen LogP contribution is 2.30. The van der Waals surface area contributed by atoms with Crippen LogP contribution in [0.1, 0.15) is 31.7 Å². The minimum Gasteiger partial charge on any atom is -0.354 e. The van der Waals surface area contributed by atoms with Gasteiger partial charge >= 0.3 is 0 Å². The van der Waals surface area contributed by atoms with Gasteiger partial charge in [0.05, 0.1) is 0 Å². The van der Waals surface area contributed by atoms with E-state index in [1.165, 1.54) is 19.1 Å². The molecule has 0 radical (unpaired) electrons. The van der Waals surface area contributed by atoms with Gasteiger partial charge in [0.2, 0.25) is 17.7 Å². The standard InChI is InChI=1S/C21H27FN4O3/c1-13(27)24-17-8-18-12-25(10-14-2-6-16(22)7-3-14)19(21(29)26(18)11-17)9-23-20(28)15-4-5-15/h2-3,6-7,15,17-19H,4-5,8-12H2,1H3,(H,23,28)(H,24,27)/t17-,18-,19-/m0/s1. The topological polar surface area (TPSA) is 81.8 Å². The molecule has 4 rings (SSSR count). The lowest BCUT2D eigenvalue weighted by Crippen LogP contribution is -2.62. The Hall–Kier alpha value is -2.48. The largest absolute Gasteiger partial charge is 0.354 e. The number of halogens is 1. The molecule has 0 spiro atoms.